The quantitative estimate of drug-likeness (QED) is 0.233. The molecule has 5 heteroatoms. The molecule has 1 saturated heterocycles. The first-order valence-electron chi connectivity index (χ1n) is 15.3. The van der Waals surface area contributed by atoms with Crippen LogP contribution in [0.25, 0.3) is 28.0 Å². The summed E-state index contributed by atoms with van der Waals surface area (Å²) in [4.78, 5) is 2.43. The molecule has 0 bridgehead atoms. The number of hydrogen-bond acceptors (Lipinski definition) is 5. The van der Waals surface area contributed by atoms with Crippen molar-refractivity contribution in [3.63, 3.8) is 0 Å². The summed E-state index contributed by atoms with van der Waals surface area (Å²) in [7, 11) is 1.67. The van der Waals surface area contributed by atoms with E-state index < -0.39 is 5.60 Å². The van der Waals surface area contributed by atoms with Gasteiger partial charge in [0.1, 0.15) is 17.2 Å². The maximum atomic E-state index is 10.1. The van der Waals surface area contributed by atoms with Gasteiger partial charge in [-0.25, -0.2) is 0 Å². The van der Waals surface area contributed by atoms with Crippen molar-refractivity contribution < 1.29 is 19.3 Å². The zero-order chi connectivity index (χ0) is 30.1. The van der Waals surface area contributed by atoms with Crippen LogP contribution in [0.4, 0.5) is 5.69 Å². The molecule has 220 valence electrons. The van der Waals surface area contributed by atoms with Gasteiger partial charge in [0.05, 0.1) is 20.3 Å². The molecule has 1 atom stereocenters. The fourth-order valence-electron chi connectivity index (χ4n) is 7.47. The van der Waals surface area contributed by atoms with Crippen LogP contribution in [0.2, 0.25) is 0 Å². The summed E-state index contributed by atoms with van der Waals surface area (Å²) in [5.41, 5.74) is 8.37. The number of methoxy groups -OCH3 is 1. The molecule has 5 aromatic carbocycles. The van der Waals surface area contributed by atoms with E-state index in [1.165, 1.54) is 33.3 Å². The fraction of sp³-hybridized carbons (Fsp3) is 0.231. The van der Waals surface area contributed by atoms with E-state index >= 15 is 0 Å². The average molecular weight is 582 g/mol. The summed E-state index contributed by atoms with van der Waals surface area (Å²) in [6, 6.07) is 31.0. The normalized spacial score (nSPS) is 19.7. The van der Waals surface area contributed by atoms with Gasteiger partial charge < -0.3 is 24.2 Å². The van der Waals surface area contributed by atoms with Crippen molar-refractivity contribution in [3.8, 4) is 28.4 Å². The Morgan fingerprint density at radius 3 is 2.20 bits per heavy atom. The van der Waals surface area contributed by atoms with E-state index in [-0.39, 0.29) is 11.2 Å². The molecule has 3 aliphatic rings. The third-order valence-electron chi connectivity index (χ3n) is 9.71. The van der Waals surface area contributed by atoms with Gasteiger partial charge in [0.25, 0.3) is 0 Å². The molecule has 2 heterocycles. The number of fused-ring (bicyclic) bond motifs is 8. The van der Waals surface area contributed by atoms with Crippen molar-refractivity contribution in [2.75, 3.05) is 38.3 Å². The predicted octanol–water partition coefficient (Wildman–Crippen LogP) is 8.05. The first kappa shape index (κ1) is 26.9. The second kappa shape index (κ2) is 9.90. The zero-order valence-electron chi connectivity index (χ0n) is 25.3. The summed E-state index contributed by atoms with van der Waals surface area (Å²) in [5.74, 6) is 1.88. The van der Waals surface area contributed by atoms with Crippen molar-refractivity contribution in [1.82, 2.24) is 0 Å². The molecule has 0 saturated carbocycles. The molecule has 0 aromatic heterocycles. The van der Waals surface area contributed by atoms with E-state index in [0.29, 0.717) is 0 Å². The van der Waals surface area contributed by atoms with Gasteiger partial charge in [-0.2, -0.15) is 0 Å². The van der Waals surface area contributed by atoms with Crippen LogP contribution in [0.3, 0.4) is 0 Å². The van der Waals surface area contributed by atoms with Gasteiger partial charge in [0.2, 0.25) is 0 Å². The molecule has 1 N–H and O–H groups in total. The third-order valence-corrected chi connectivity index (χ3v) is 9.71. The summed E-state index contributed by atoms with van der Waals surface area (Å²) in [6.07, 6.45) is 4.44. The van der Waals surface area contributed by atoms with E-state index in [9.17, 15) is 5.11 Å². The second-order valence-corrected chi connectivity index (χ2v) is 12.4. The minimum absolute atomic E-state index is 0.220. The lowest BCUT2D eigenvalue weighted by Crippen LogP contribution is -2.36. The van der Waals surface area contributed by atoms with Crippen molar-refractivity contribution in [3.05, 3.63) is 125 Å². The fourth-order valence-corrected chi connectivity index (χ4v) is 7.47. The number of phenols is 1. The van der Waals surface area contributed by atoms with Crippen LogP contribution >= 0.6 is 0 Å². The maximum Gasteiger partial charge on any atom is 0.178 e. The van der Waals surface area contributed by atoms with Crippen LogP contribution in [0.5, 0.6) is 17.2 Å². The molecular formula is C39H35NO4. The highest BCUT2D eigenvalue weighted by Gasteiger charge is 2.44. The maximum absolute atomic E-state index is 10.1. The topological polar surface area (TPSA) is 51.2 Å². The van der Waals surface area contributed by atoms with Crippen molar-refractivity contribution >= 4 is 22.5 Å². The van der Waals surface area contributed by atoms with Gasteiger partial charge in [-0.05, 0) is 70.1 Å². The van der Waals surface area contributed by atoms with Crippen LogP contribution in [-0.2, 0) is 15.8 Å². The highest BCUT2D eigenvalue weighted by molar-refractivity contribution is 6.08. The molecule has 0 radical (unpaired) electrons. The standard InChI is InChI=1S/C39H35NO4/c1-38(2)34-24-27(40-20-22-43-23-21-40)12-17-32(34)35-30-6-4-5-7-31(30)37-33(36(35)38)18-19-39(44-37,25-8-13-28(41)14-9-25)26-10-15-29(42-3)16-11-26/h4-19,24,41H,20-23H2,1-3H3. The van der Waals surface area contributed by atoms with Gasteiger partial charge in [-0.1, -0.05) is 74.5 Å². The minimum Gasteiger partial charge on any atom is -0.508 e. The van der Waals surface area contributed by atoms with Gasteiger partial charge >= 0.3 is 0 Å². The highest BCUT2D eigenvalue weighted by atomic mass is 16.5. The Bertz CT molecular complexity index is 1940. The highest BCUT2D eigenvalue weighted by Crippen LogP contribution is 2.58. The molecule has 0 amide bonds. The molecule has 44 heavy (non-hydrogen) atoms. The van der Waals surface area contributed by atoms with Crippen LogP contribution in [0.1, 0.15) is 41.7 Å². The SMILES string of the molecule is COc1ccc(C2(c3ccc(O)cc3)C=Cc3c4c(c5ccccc5c3O2)-c2ccc(N3CCOCC3)cc2C4(C)C)cc1. The second-order valence-electron chi connectivity index (χ2n) is 12.4. The number of rotatable bonds is 4. The number of ether oxygens (including phenoxy) is 3. The smallest absolute Gasteiger partial charge is 0.178 e. The zero-order valence-corrected chi connectivity index (χ0v) is 25.3. The Balaban J connectivity index is 1.35. The summed E-state index contributed by atoms with van der Waals surface area (Å²) < 4.78 is 18.4. The molecule has 0 spiro atoms. The lowest BCUT2D eigenvalue weighted by atomic mass is 9.76. The monoisotopic (exact) mass is 581 g/mol. The van der Waals surface area contributed by atoms with Crippen molar-refractivity contribution in [2.24, 2.45) is 0 Å². The Kier molecular flexibility index (Phi) is 6.04. The van der Waals surface area contributed by atoms with Crippen molar-refractivity contribution in [2.45, 2.75) is 24.9 Å². The van der Waals surface area contributed by atoms with Crippen LogP contribution in [0.15, 0.2) is 97.1 Å². The Morgan fingerprint density at radius 1 is 0.818 bits per heavy atom. The summed E-state index contributed by atoms with van der Waals surface area (Å²) >= 11 is 0. The van der Waals surface area contributed by atoms with Gasteiger partial charge in [0, 0.05) is 46.3 Å². The molecule has 1 fully saturated rings. The molecule has 1 aliphatic carbocycles. The predicted molar refractivity (Wildman–Crippen MR) is 176 cm³/mol. The van der Waals surface area contributed by atoms with E-state index in [2.05, 4.69) is 85.5 Å². The Labute approximate surface area is 257 Å². The minimum atomic E-state index is -0.900. The Morgan fingerprint density at radius 2 is 1.50 bits per heavy atom. The first-order chi connectivity index (χ1) is 21.4. The van der Waals surface area contributed by atoms with E-state index in [0.717, 1.165) is 59.9 Å². The third kappa shape index (κ3) is 3.89. The molecule has 8 rings (SSSR count). The number of aromatic hydroxyl groups is 1. The van der Waals surface area contributed by atoms with Gasteiger partial charge in [0.15, 0.2) is 5.60 Å². The van der Waals surface area contributed by atoms with Gasteiger partial charge in [-0.15, -0.1) is 0 Å². The van der Waals surface area contributed by atoms with Crippen LogP contribution in [-0.4, -0.2) is 38.5 Å². The molecule has 2 aliphatic heterocycles. The number of hydrogen-bond donors (Lipinski definition) is 1. The van der Waals surface area contributed by atoms with Crippen LogP contribution < -0.4 is 14.4 Å². The Hall–Kier alpha value is -4.74. The molecule has 1 unspecified atom stereocenters. The molecule has 5 aromatic rings. The van der Waals surface area contributed by atoms with E-state index in [1.54, 1.807) is 19.2 Å². The van der Waals surface area contributed by atoms with Crippen LogP contribution in [0, 0.1) is 0 Å². The number of benzene rings is 5. The molecular weight excluding hydrogens is 546 g/mol. The number of anilines is 1. The number of morpholine rings is 1. The lowest BCUT2D eigenvalue weighted by Gasteiger charge is -2.38. The summed E-state index contributed by atoms with van der Waals surface area (Å²) in [5, 5.41) is 12.4. The first-order valence-corrected chi connectivity index (χ1v) is 15.3. The van der Waals surface area contributed by atoms with Gasteiger partial charge in [-0.3, -0.25) is 0 Å². The largest absolute Gasteiger partial charge is 0.508 e. The van der Waals surface area contributed by atoms with E-state index in [1.807, 2.05) is 24.3 Å². The van der Waals surface area contributed by atoms with Crippen molar-refractivity contribution in [1.29, 1.82) is 0 Å². The van der Waals surface area contributed by atoms with E-state index in [4.69, 9.17) is 14.2 Å². The lowest BCUT2D eigenvalue weighted by molar-refractivity contribution is 0.122. The summed E-state index contributed by atoms with van der Waals surface area (Å²) in [6.45, 7) is 8.03. The average Bonchev–Trinajstić information content (AvgIpc) is 3.31. The number of phenolic OH excluding ortho intramolecular Hbond substituents is 1. The number of nitrogens with zero attached hydrogens (tertiary/aromatic N) is 1. The molecule has 5 nitrogen and oxygen atoms in total.